The predicted octanol–water partition coefficient (Wildman–Crippen LogP) is 2.93. The van der Waals surface area contributed by atoms with E-state index >= 15 is 0 Å². The van der Waals surface area contributed by atoms with Gasteiger partial charge in [-0.05, 0) is 32.9 Å². The van der Waals surface area contributed by atoms with Gasteiger partial charge in [-0.3, -0.25) is 0 Å². The molecule has 1 aromatic rings. The first-order valence-electron chi connectivity index (χ1n) is 5.00. The van der Waals surface area contributed by atoms with Crippen molar-refractivity contribution in [2.45, 2.75) is 32.7 Å². The Hall–Kier alpha value is -1.72. The summed E-state index contributed by atoms with van der Waals surface area (Å²) in [5, 5.41) is 11.6. The Morgan fingerprint density at radius 3 is 2.41 bits per heavy atom. The molecule has 0 saturated carbocycles. The number of alkyl halides is 2. The molecule has 1 rings (SSSR count). The zero-order valence-corrected chi connectivity index (χ0v) is 9.79. The number of nitrogens with zero attached hydrogens (tertiary/aromatic N) is 1. The monoisotopic (exact) mass is 244 g/mol. The first-order chi connectivity index (χ1) is 7.69. The fourth-order valence-corrected chi connectivity index (χ4v) is 1.24. The SMILES string of the molecule is CC(C)(C)Nc1cc(C(F)F)cc(C(=O)O)n1. The van der Waals surface area contributed by atoms with Crippen LogP contribution in [0.2, 0.25) is 0 Å². The molecular weight excluding hydrogens is 230 g/mol. The lowest BCUT2D eigenvalue weighted by atomic mass is 10.1. The molecule has 1 heterocycles. The third kappa shape index (κ3) is 3.97. The molecule has 1 aromatic heterocycles. The standard InChI is InChI=1S/C11H14F2N2O2/c1-11(2,3)15-8-5-6(9(12)13)4-7(14-8)10(16)17/h4-5,9H,1-3H3,(H,14,15)(H,16,17). The van der Waals surface area contributed by atoms with E-state index in [-0.39, 0.29) is 16.9 Å². The van der Waals surface area contributed by atoms with Crippen molar-refractivity contribution in [2.24, 2.45) is 0 Å². The van der Waals surface area contributed by atoms with Gasteiger partial charge in [0.05, 0.1) is 0 Å². The van der Waals surface area contributed by atoms with Gasteiger partial charge in [-0.1, -0.05) is 0 Å². The first-order valence-corrected chi connectivity index (χ1v) is 5.00. The third-order valence-electron chi connectivity index (χ3n) is 1.82. The van der Waals surface area contributed by atoms with Crippen molar-refractivity contribution < 1.29 is 18.7 Å². The number of carboxylic acid groups (broad SMARTS) is 1. The highest BCUT2D eigenvalue weighted by atomic mass is 19.3. The summed E-state index contributed by atoms with van der Waals surface area (Å²) in [5.74, 6) is -1.20. The molecule has 0 amide bonds. The zero-order chi connectivity index (χ0) is 13.2. The summed E-state index contributed by atoms with van der Waals surface area (Å²) in [6.07, 6.45) is -2.73. The molecule has 0 unspecified atom stereocenters. The molecule has 2 N–H and O–H groups in total. The van der Waals surface area contributed by atoms with Crippen LogP contribution in [0.5, 0.6) is 0 Å². The van der Waals surface area contributed by atoms with Crippen LogP contribution in [-0.2, 0) is 0 Å². The number of hydrogen-bond acceptors (Lipinski definition) is 3. The van der Waals surface area contributed by atoms with E-state index in [0.717, 1.165) is 12.1 Å². The fourth-order valence-electron chi connectivity index (χ4n) is 1.24. The Labute approximate surface area is 97.7 Å². The molecule has 0 spiro atoms. The average molecular weight is 244 g/mol. The second-order valence-electron chi connectivity index (χ2n) is 4.65. The number of aromatic nitrogens is 1. The Kier molecular flexibility index (Phi) is 3.65. The van der Waals surface area contributed by atoms with E-state index in [9.17, 15) is 13.6 Å². The van der Waals surface area contributed by atoms with Crippen molar-refractivity contribution in [1.29, 1.82) is 0 Å². The van der Waals surface area contributed by atoms with E-state index in [0.29, 0.717) is 0 Å². The normalized spacial score (nSPS) is 11.6. The van der Waals surface area contributed by atoms with E-state index in [1.165, 1.54) is 0 Å². The maximum Gasteiger partial charge on any atom is 0.354 e. The molecule has 0 saturated heterocycles. The quantitative estimate of drug-likeness (QED) is 0.858. The minimum Gasteiger partial charge on any atom is -0.477 e. The molecule has 0 aromatic carbocycles. The lowest BCUT2D eigenvalue weighted by molar-refractivity contribution is 0.0690. The van der Waals surface area contributed by atoms with Gasteiger partial charge < -0.3 is 10.4 Å². The van der Waals surface area contributed by atoms with Gasteiger partial charge in [0.1, 0.15) is 5.82 Å². The smallest absolute Gasteiger partial charge is 0.354 e. The van der Waals surface area contributed by atoms with Crippen LogP contribution in [0.25, 0.3) is 0 Å². The number of rotatable bonds is 3. The van der Waals surface area contributed by atoms with Crippen LogP contribution in [0, 0.1) is 0 Å². The number of hydrogen-bond donors (Lipinski definition) is 2. The molecule has 0 aliphatic carbocycles. The second-order valence-corrected chi connectivity index (χ2v) is 4.65. The van der Waals surface area contributed by atoms with Crippen LogP contribution in [-0.4, -0.2) is 21.6 Å². The van der Waals surface area contributed by atoms with Gasteiger partial charge in [0, 0.05) is 11.1 Å². The summed E-state index contributed by atoms with van der Waals surface area (Å²) in [6.45, 7) is 5.47. The van der Waals surface area contributed by atoms with Crippen molar-refractivity contribution in [3.05, 3.63) is 23.4 Å². The number of aromatic carboxylic acids is 1. The summed E-state index contributed by atoms with van der Waals surface area (Å²) in [7, 11) is 0. The number of pyridine rings is 1. The van der Waals surface area contributed by atoms with E-state index in [1.807, 2.05) is 20.8 Å². The first kappa shape index (κ1) is 13.3. The summed E-state index contributed by atoms with van der Waals surface area (Å²) < 4.78 is 25.1. The van der Waals surface area contributed by atoms with Gasteiger partial charge in [-0.2, -0.15) is 0 Å². The van der Waals surface area contributed by atoms with E-state index in [2.05, 4.69) is 10.3 Å². The molecule has 0 atom stereocenters. The molecule has 0 radical (unpaired) electrons. The van der Waals surface area contributed by atoms with Crippen molar-refractivity contribution in [1.82, 2.24) is 4.98 Å². The maximum absolute atomic E-state index is 12.6. The van der Waals surface area contributed by atoms with Gasteiger partial charge in [-0.25, -0.2) is 18.6 Å². The average Bonchev–Trinajstić information content (AvgIpc) is 2.14. The number of nitrogens with one attached hydrogen (secondary N) is 1. The molecule has 94 valence electrons. The van der Waals surface area contributed by atoms with Crippen LogP contribution < -0.4 is 5.32 Å². The van der Waals surface area contributed by atoms with E-state index in [4.69, 9.17) is 5.11 Å². The van der Waals surface area contributed by atoms with Crippen LogP contribution in [0.4, 0.5) is 14.6 Å². The number of halogens is 2. The minimum absolute atomic E-state index is 0.132. The number of anilines is 1. The summed E-state index contributed by atoms with van der Waals surface area (Å²) in [4.78, 5) is 14.5. The molecule has 0 fully saturated rings. The molecular formula is C11H14F2N2O2. The Bertz CT molecular complexity index is 428. The van der Waals surface area contributed by atoms with Gasteiger partial charge in [0.25, 0.3) is 6.43 Å². The Balaban J connectivity index is 3.17. The zero-order valence-electron chi connectivity index (χ0n) is 9.79. The highest BCUT2D eigenvalue weighted by molar-refractivity contribution is 5.86. The third-order valence-corrected chi connectivity index (χ3v) is 1.82. The minimum atomic E-state index is -2.73. The molecule has 0 aliphatic heterocycles. The Morgan fingerprint density at radius 2 is 2.00 bits per heavy atom. The maximum atomic E-state index is 12.6. The van der Waals surface area contributed by atoms with E-state index < -0.39 is 18.1 Å². The highest BCUT2D eigenvalue weighted by Crippen LogP contribution is 2.23. The van der Waals surface area contributed by atoms with Crippen molar-refractivity contribution >= 4 is 11.8 Å². The van der Waals surface area contributed by atoms with Crippen molar-refractivity contribution in [3.8, 4) is 0 Å². The van der Waals surface area contributed by atoms with Crippen LogP contribution in [0.3, 0.4) is 0 Å². The van der Waals surface area contributed by atoms with Crippen molar-refractivity contribution in [2.75, 3.05) is 5.32 Å². The van der Waals surface area contributed by atoms with Gasteiger partial charge in [0.2, 0.25) is 0 Å². The van der Waals surface area contributed by atoms with Crippen LogP contribution in [0.15, 0.2) is 12.1 Å². The molecule has 6 heteroatoms. The molecule has 4 nitrogen and oxygen atoms in total. The lowest BCUT2D eigenvalue weighted by Crippen LogP contribution is -2.27. The predicted molar refractivity (Wildman–Crippen MR) is 59.5 cm³/mol. The summed E-state index contributed by atoms with van der Waals surface area (Å²) in [5.41, 5.74) is -1.14. The van der Waals surface area contributed by atoms with Gasteiger partial charge >= 0.3 is 5.97 Å². The number of carbonyl (C=O) groups is 1. The van der Waals surface area contributed by atoms with Gasteiger partial charge in [0.15, 0.2) is 5.69 Å². The largest absolute Gasteiger partial charge is 0.477 e. The fraction of sp³-hybridized carbons (Fsp3) is 0.455. The summed E-state index contributed by atoms with van der Waals surface area (Å²) in [6, 6.07) is 2.03. The van der Waals surface area contributed by atoms with E-state index in [1.54, 1.807) is 0 Å². The topological polar surface area (TPSA) is 62.2 Å². The summed E-state index contributed by atoms with van der Waals surface area (Å²) >= 11 is 0. The van der Waals surface area contributed by atoms with Crippen LogP contribution in [0.1, 0.15) is 43.2 Å². The van der Waals surface area contributed by atoms with Crippen molar-refractivity contribution in [3.63, 3.8) is 0 Å². The Morgan fingerprint density at radius 1 is 1.41 bits per heavy atom. The van der Waals surface area contributed by atoms with Gasteiger partial charge in [-0.15, -0.1) is 0 Å². The second kappa shape index (κ2) is 4.65. The lowest BCUT2D eigenvalue weighted by Gasteiger charge is -2.21. The molecule has 17 heavy (non-hydrogen) atoms. The highest BCUT2D eigenvalue weighted by Gasteiger charge is 2.17. The molecule has 0 aliphatic rings. The molecule has 0 bridgehead atoms. The van der Waals surface area contributed by atoms with Crippen LogP contribution >= 0.6 is 0 Å². The number of carboxylic acids is 1.